The van der Waals surface area contributed by atoms with Gasteiger partial charge in [-0.2, -0.15) is 0 Å². The van der Waals surface area contributed by atoms with Gasteiger partial charge in [0.05, 0.1) is 13.2 Å². The second-order valence-corrected chi connectivity index (χ2v) is 14.5. The molecule has 0 bridgehead atoms. The maximum atomic E-state index is 12.9. The summed E-state index contributed by atoms with van der Waals surface area (Å²) in [4.78, 5) is 28.9. The summed E-state index contributed by atoms with van der Waals surface area (Å²) >= 11 is 1.64. The number of rotatable bonds is 6. The summed E-state index contributed by atoms with van der Waals surface area (Å²) in [6.07, 6.45) is 2.67. The smallest absolute Gasteiger partial charge is 0.358 e. The molecule has 2 aromatic rings. The van der Waals surface area contributed by atoms with E-state index in [1.165, 1.54) is 15.2 Å². The van der Waals surface area contributed by atoms with E-state index >= 15 is 0 Å². The molecule has 1 aliphatic heterocycles. The van der Waals surface area contributed by atoms with Gasteiger partial charge in [0.15, 0.2) is 14.0 Å². The lowest BCUT2D eigenvalue weighted by molar-refractivity contribution is -0.00429. The molecular weight excluding hydrogens is 410 g/mol. The van der Waals surface area contributed by atoms with Crippen molar-refractivity contribution in [3.8, 4) is 0 Å². The fraction of sp³-hybridized carbons (Fsp3) is 0.632. The normalized spacial score (nSPS) is 20.3. The van der Waals surface area contributed by atoms with Gasteiger partial charge in [-0.15, -0.1) is 11.8 Å². The second kappa shape index (κ2) is 8.25. The van der Waals surface area contributed by atoms with Gasteiger partial charge in [-0.05, 0) is 31.1 Å². The number of nitrogens with zero attached hydrogens (tertiary/aromatic N) is 3. The third-order valence-corrected chi connectivity index (χ3v) is 11.1. The van der Waals surface area contributed by atoms with Crippen LogP contribution in [0.2, 0.25) is 18.1 Å². The molecular formula is C19H29N3O5SSi. The number of thioether (sulfide) groups is 1. The number of fused-ring (bicyclic) bond motifs is 1. The van der Waals surface area contributed by atoms with Crippen molar-refractivity contribution in [2.45, 2.75) is 57.5 Å². The van der Waals surface area contributed by atoms with Crippen LogP contribution in [0.25, 0.3) is 5.65 Å². The zero-order chi connectivity index (χ0) is 21.4. The number of esters is 1. The zero-order valence-electron chi connectivity index (χ0n) is 17.8. The predicted molar refractivity (Wildman–Crippen MR) is 115 cm³/mol. The molecule has 0 saturated carbocycles. The lowest BCUT2D eigenvalue weighted by Gasteiger charge is -2.36. The van der Waals surface area contributed by atoms with E-state index < -0.39 is 20.5 Å². The van der Waals surface area contributed by atoms with E-state index in [9.17, 15) is 9.59 Å². The Morgan fingerprint density at radius 3 is 2.79 bits per heavy atom. The number of hydrogen-bond acceptors (Lipinski definition) is 7. The molecule has 8 nitrogen and oxygen atoms in total. The minimum atomic E-state index is -1.85. The average molecular weight is 440 g/mol. The largest absolute Gasteiger partial charge is 0.461 e. The molecule has 3 heterocycles. The maximum absolute atomic E-state index is 12.9. The lowest BCUT2D eigenvalue weighted by atomic mass is 10.2. The Kier molecular flexibility index (Phi) is 6.28. The Balaban J connectivity index is 1.72. The Labute approximate surface area is 175 Å². The molecule has 2 atom stereocenters. The van der Waals surface area contributed by atoms with Gasteiger partial charge in [0.25, 0.3) is 0 Å². The van der Waals surface area contributed by atoms with E-state index in [4.69, 9.17) is 13.9 Å². The Morgan fingerprint density at radius 1 is 1.41 bits per heavy atom. The first-order valence-corrected chi connectivity index (χ1v) is 13.7. The molecule has 0 spiro atoms. The van der Waals surface area contributed by atoms with Crippen LogP contribution < -0.4 is 5.69 Å². The molecule has 0 unspecified atom stereocenters. The fourth-order valence-corrected chi connectivity index (χ4v) is 4.80. The van der Waals surface area contributed by atoms with Crippen LogP contribution in [0.5, 0.6) is 0 Å². The van der Waals surface area contributed by atoms with Crippen LogP contribution in [-0.4, -0.2) is 52.6 Å². The summed E-state index contributed by atoms with van der Waals surface area (Å²) < 4.78 is 20.2. The van der Waals surface area contributed by atoms with Gasteiger partial charge in [-0.1, -0.05) is 20.8 Å². The van der Waals surface area contributed by atoms with Gasteiger partial charge in [-0.25, -0.2) is 14.6 Å². The van der Waals surface area contributed by atoms with Crippen molar-refractivity contribution < 1.29 is 18.7 Å². The molecule has 160 valence electrons. The standard InChI is InChI=1S/C19H29N3O5SSi/c1-7-25-17(23)13-10-22-14(20-13)8-9-21(18(22)24)15-12-28-16(27-15)11-26-29(5,6)19(2,3)4/h8-10,15-16H,7,11-12H2,1-6H3/t15-,16+/m1/s1. The molecule has 2 aromatic heterocycles. The van der Waals surface area contributed by atoms with E-state index in [-0.39, 0.29) is 28.5 Å². The number of imidazole rings is 1. The minimum absolute atomic E-state index is 0.115. The monoisotopic (exact) mass is 439 g/mol. The molecule has 0 aromatic carbocycles. The second-order valence-electron chi connectivity index (χ2n) is 8.51. The first-order valence-electron chi connectivity index (χ1n) is 9.72. The SMILES string of the molecule is CCOC(=O)c1cn2c(=O)n([C@H]3CS[C@@H](CO[Si](C)(C)C(C)(C)C)O3)ccc2n1. The highest BCUT2D eigenvalue weighted by Gasteiger charge is 2.39. The van der Waals surface area contributed by atoms with Crippen LogP contribution in [0.1, 0.15) is 44.4 Å². The van der Waals surface area contributed by atoms with Gasteiger partial charge in [0.2, 0.25) is 0 Å². The third-order valence-electron chi connectivity index (χ3n) is 5.46. The molecule has 10 heteroatoms. The summed E-state index contributed by atoms with van der Waals surface area (Å²) in [6.45, 7) is 13.5. The average Bonchev–Trinajstić information content (AvgIpc) is 3.27. The van der Waals surface area contributed by atoms with Gasteiger partial charge in [-0.3, -0.25) is 8.97 Å². The first kappa shape index (κ1) is 22.1. The highest BCUT2D eigenvalue weighted by Crippen LogP contribution is 2.38. The van der Waals surface area contributed by atoms with Gasteiger partial charge in [0, 0.05) is 18.1 Å². The topological polar surface area (TPSA) is 84.1 Å². The van der Waals surface area contributed by atoms with Crippen LogP contribution in [-0.2, 0) is 13.9 Å². The van der Waals surface area contributed by atoms with Crippen molar-refractivity contribution in [1.29, 1.82) is 0 Å². The number of ether oxygens (including phenoxy) is 2. The van der Waals surface area contributed by atoms with Crippen LogP contribution in [0.15, 0.2) is 23.3 Å². The molecule has 29 heavy (non-hydrogen) atoms. The van der Waals surface area contributed by atoms with Crippen LogP contribution in [0, 0.1) is 0 Å². The maximum Gasteiger partial charge on any atom is 0.358 e. The van der Waals surface area contributed by atoms with Crippen LogP contribution >= 0.6 is 11.8 Å². The van der Waals surface area contributed by atoms with Crippen molar-refractivity contribution in [2.75, 3.05) is 19.0 Å². The van der Waals surface area contributed by atoms with Crippen molar-refractivity contribution in [1.82, 2.24) is 14.0 Å². The number of aromatic nitrogens is 3. The van der Waals surface area contributed by atoms with Crippen molar-refractivity contribution in [2.24, 2.45) is 0 Å². The molecule has 3 rings (SSSR count). The predicted octanol–water partition coefficient (Wildman–Crippen LogP) is 3.28. The van der Waals surface area contributed by atoms with Crippen LogP contribution in [0.3, 0.4) is 0 Å². The Hall–Kier alpha value is -1.62. The quantitative estimate of drug-likeness (QED) is 0.504. The number of carbonyl (C=O) groups is 1. The molecule has 1 aliphatic rings. The molecule has 1 saturated heterocycles. The highest BCUT2D eigenvalue weighted by atomic mass is 32.2. The van der Waals surface area contributed by atoms with Crippen LogP contribution in [0.4, 0.5) is 0 Å². The Bertz CT molecular complexity index is 949. The first-order chi connectivity index (χ1) is 13.5. The third kappa shape index (κ3) is 4.60. The Morgan fingerprint density at radius 2 is 2.14 bits per heavy atom. The molecule has 1 fully saturated rings. The number of carbonyl (C=O) groups excluding carboxylic acids is 1. The van der Waals surface area contributed by atoms with Crippen molar-refractivity contribution >= 4 is 31.7 Å². The van der Waals surface area contributed by atoms with Gasteiger partial charge in [0.1, 0.15) is 17.3 Å². The van der Waals surface area contributed by atoms with E-state index in [1.54, 1.807) is 30.9 Å². The lowest BCUT2D eigenvalue weighted by Crippen LogP contribution is -2.42. The molecule has 0 radical (unpaired) electrons. The van der Waals surface area contributed by atoms with E-state index in [0.29, 0.717) is 18.0 Å². The minimum Gasteiger partial charge on any atom is -0.461 e. The summed E-state index contributed by atoms with van der Waals surface area (Å²) in [6, 6.07) is 1.69. The summed E-state index contributed by atoms with van der Waals surface area (Å²) in [5.74, 6) is 0.105. The summed E-state index contributed by atoms with van der Waals surface area (Å²) in [5.41, 5.74) is 0.0959. The van der Waals surface area contributed by atoms with Gasteiger partial charge < -0.3 is 13.9 Å². The zero-order valence-corrected chi connectivity index (χ0v) is 19.6. The summed E-state index contributed by atoms with van der Waals surface area (Å²) in [5, 5.41) is 0.135. The van der Waals surface area contributed by atoms with E-state index in [2.05, 4.69) is 38.8 Å². The number of hydrogen-bond donors (Lipinski definition) is 0. The molecule has 0 amide bonds. The van der Waals surface area contributed by atoms with Gasteiger partial charge >= 0.3 is 11.7 Å². The summed E-state index contributed by atoms with van der Waals surface area (Å²) in [7, 11) is -1.85. The van der Waals surface area contributed by atoms with Crippen molar-refractivity contribution in [3.63, 3.8) is 0 Å². The molecule has 0 N–H and O–H groups in total. The fourth-order valence-electron chi connectivity index (χ4n) is 2.69. The highest BCUT2D eigenvalue weighted by molar-refractivity contribution is 8.00. The van der Waals surface area contributed by atoms with E-state index in [1.807, 2.05) is 0 Å². The van der Waals surface area contributed by atoms with Crippen molar-refractivity contribution in [3.05, 3.63) is 34.6 Å². The van der Waals surface area contributed by atoms with E-state index in [0.717, 1.165) is 0 Å². The molecule has 0 aliphatic carbocycles.